The zero-order valence-electron chi connectivity index (χ0n) is 15.0. The first-order valence-corrected chi connectivity index (χ1v) is 8.29. The Hall–Kier alpha value is -3.22. The number of tetrazole rings is 1. The lowest BCUT2D eigenvalue weighted by Gasteiger charge is -2.19. The molecule has 2 aromatic carbocycles. The number of rotatable bonds is 5. The van der Waals surface area contributed by atoms with Gasteiger partial charge in [-0.2, -0.15) is 4.68 Å². The van der Waals surface area contributed by atoms with E-state index in [0.717, 1.165) is 5.69 Å². The van der Waals surface area contributed by atoms with E-state index in [-0.39, 0.29) is 17.9 Å². The van der Waals surface area contributed by atoms with E-state index in [2.05, 4.69) is 41.6 Å². The van der Waals surface area contributed by atoms with Crippen molar-refractivity contribution in [1.82, 2.24) is 20.2 Å². The molecule has 134 valence electrons. The number of ether oxygens (including phenoxy) is 1. The van der Waals surface area contributed by atoms with E-state index in [4.69, 9.17) is 4.74 Å². The minimum Gasteiger partial charge on any atom is -0.481 e. The number of nitrogens with zero attached hydrogens (tertiary/aromatic N) is 4. The number of benzene rings is 2. The molecule has 0 aliphatic rings. The Kier molecular flexibility index (Phi) is 4.97. The lowest BCUT2D eigenvalue weighted by atomic mass is 9.87. The van der Waals surface area contributed by atoms with Crippen LogP contribution in [-0.4, -0.2) is 32.7 Å². The van der Waals surface area contributed by atoms with Gasteiger partial charge in [-0.05, 0) is 45.7 Å². The van der Waals surface area contributed by atoms with E-state index < -0.39 is 0 Å². The molecule has 1 amide bonds. The van der Waals surface area contributed by atoms with Crippen LogP contribution < -0.4 is 10.1 Å². The Morgan fingerprint density at radius 1 is 1.12 bits per heavy atom. The molecule has 0 atom stereocenters. The minimum atomic E-state index is -0.236. The molecule has 0 unspecified atom stereocenters. The first kappa shape index (κ1) is 17.6. The molecule has 1 heterocycles. The molecule has 0 aliphatic heterocycles. The van der Waals surface area contributed by atoms with Crippen molar-refractivity contribution in [2.45, 2.75) is 26.2 Å². The van der Waals surface area contributed by atoms with Crippen LogP contribution in [0.25, 0.3) is 5.69 Å². The molecule has 7 nitrogen and oxygen atoms in total. The number of anilines is 1. The molecule has 3 aromatic rings. The molecule has 0 saturated heterocycles. The van der Waals surface area contributed by atoms with Gasteiger partial charge in [0.05, 0.1) is 0 Å². The van der Waals surface area contributed by atoms with E-state index >= 15 is 0 Å². The van der Waals surface area contributed by atoms with Gasteiger partial charge in [0.1, 0.15) is 17.8 Å². The van der Waals surface area contributed by atoms with E-state index in [0.29, 0.717) is 11.4 Å². The van der Waals surface area contributed by atoms with Crippen LogP contribution in [0, 0.1) is 0 Å². The maximum Gasteiger partial charge on any atom is 0.262 e. The fourth-order valence-corrected chi connectivity index (χ4v) is 2.43. The summed E-state index contributed by atoms with van der Waals surface area (Å²) in [7, 11) is 0. The highest BCUT2D eigenvalue weighted by atomic mass is 16.5. The number of amides is 1. The fraction of sp³-hybridized carbons (Fsp3) is 0.263. The predicted molar refractivity (Wildman–Crippen MR) is 98.4 cm³/mol. The average Bonchev–Trinajstić information content (AvgIpc) is 3.14. The molecule has 1 aromatic heterocycles. The number of para-hydroxylation sites is 2. The highest BCUT2D eigenvalue weighted by Crippen LogP contribution is 2.24. The van der Waals surface area contributed by atoms with Crippen molar-refractivity contribution >= 4 is 11.6 Å². The molecule has 0 radical (unpaired) electrons. The molecule has 0 aliphatic carbocycles. The van der Waals surface area contributed by atoms with Crippen molar-refractivity contribution in [3.63, 3.8) is 0 Å². The summed E-state index contributed by atoms with van der Waals surface area (Å²) in [5, 5.41) is 13.9. The molecule has 26 heavy (non-hydrogen) atoms. The Labute approximate surface area is 152 Å². The summed E-state index contributed by atoms with van der Waals surface area (Å²) in [6, 6.07) is 15.1. The fourth-order valence-electron chi connectivity index (χ4n) is 2.43. The standard InChI is InChI=1S/C19H21N5O2/c1-19(2,3)14-8-10-15(11-9-14)21-18(25)12-26-17-7-5-4-6-16(17)24-13-20-22-23-24/h4-11,13H,12H2,1-3H3,(H,21,25). The number of aromatic nitrogens is 4. The quantitative estimate of drug-likeness (QED) is 0.764. The number of hydrogen-bond acceptors (Lipinski definition) is 5. The second-order valence-corrected chi connectivity index (χ2v) is 6.89. The van der Waals surface area contributed by atoms with Crippen LogP contribution in [0.3, 0.4) is 0 Å². The van der Waals surface area contributed by atoms with Gasteiger partial charge >= 0.3 is 0 Å². The Balaban J connectivity index is 1.62. The highest BCUT2D eigenvalue weighted by molar-refractivity contribution is 5.91. The van der Waals surface area contributed by atoms with Crippen molar-refractivity contribution in [2.24, 2.45) is 0 Å². The van der Waals surface area contributed by atoms with Crippen molar-refractivity contribution < 1.29 is 9.53 Å². The monoisotopic (exact) mass is 351 g/mol. The van der Waals surface area contributed by atoms with E-state index in [1.165, 1.54) is 16.6 Å². The Bertz CT molecular complexity index is 868. The predicted octanol–water partition coefficient (Wildman–Crippen LogP) is 2.98. The van der Waals surface area contributed by atoms with Crippen molar-refractivity contribution in [3.8, 4) is 11.4 Å². The Morgan fingerprint density at radius 2 is 1.85 bits per heavy atom. The van der Waals surface area contributed by atoms with Crippen LogP contribution >= 0.6 is 0 Å². The summed E-state index contributed by atoms with van der Waals surface area (Å²) < 4.78 is 7.13. The second-order valence-electron chi connectivity index (χ2n) is 6.89. The summed E-state index contributed by atoms with van der Waals surface area (Å²) in [6.07, 6.45) is 1.47. The summed E-state index contributed by atoms with van der Waals surface area (Å²) in [5.41, 5.74) is 2.69. The molecule has 1 N–H and O–H groups in total. The van der Waals surface area contributed by atoms with Crippen LogP contribution in [0.1, 0.15) is 26.3 Å². The first-order valence-electron chi connectivity index (χ1n) is 8.29. The topological polar surface area (TPSA) is 81.9 Å². The van der Waals surface area contributed by atoms with Gasteiger partial charge in [0.15, 0.2) is 6.61 Å². The van der Waals surface area contributed by atoms with Gasteiger partial charge < -0.3 is 10.1 Å². The SMILES string of the molecule is CC(C)(C)c1ccc(NC(=O)COc2ccccc2-n2cnnn2)cc1. The van der Waals surface area contributed by atoms with Gasteiger partial charge in [0.2, 0.25) is 0 Å². The number of hydrogen-bond donors (Lipinski definition) is 1. The third-order valence-electron chi connectivity index (χ3n) is 3.85. The third-order valence-corrected chi connectivity index (χ3v) is 3.85. The van der Waals surface area contributed by atoms with Gasteiger partial charge in [-0.1, -0.05) is 45.0 Å². The highest BCUT2D eigenvalue weighted by Gasteiger charge is 2.13. The van der Waals surface area contributed by atoms with Crippen LogP contribution in [0.2, 0.25) is 0 Å². The van der Waals surface area contributed by atoms with Gasteiger partial charge in [-0.3, -0.25) is 4.79 Å². The zero-order chi connectivity index (χ0) is 18.6. The average molecular weight is 351 g/mol. The molecule has 0 spiro atoms. The van der Waals surface area contributed by atoms with Crippen molar-refractivity contribution in [1.29, 1.82) is 0 Å². The van der Waals surface area contributed by atoms with Gasteiger partial charge in [0, 0.05) is 5.69 Å². The lowest BCUT2D eigenvalue weighted by molar-refractivity contribution is -0.118. The van der Waals surface area contributed by atoms with E-state index in [1.807, 2.05) is 42.5 Å². The molecular formula is C19H21N5O2. The van der Waals surface area contributed by atoms with Crippen LogP contribution in [0.15, 0.2) is 54.9 Å². The maximum absolute atomic E-state index is 12.2. The van der Waals surface area contributed by atoms with E-state index in [9.17, 15) is 4.79 Å². The molecule has 7 heteroatoms. The normalized spacial score (nSPS) is 11.2. The summed E-state index contributed by atoms with van der Waals surface area (Å²) in [5.74, 6) is 0.290. The first-order chi connectivity index (χ1) is 12.4. The molecule has 3 rings (SSSR count). The summed E-state index contributed by atoms with van der Waals surface area (Å²) in [6.45, 7) is 6.34. The molecule has 0 saturated carbocycles. The zero-order valence-corrected chi connectivity index (χ0v) is 15.0. The lowest BCUT2D eigenvalue weighted by Crippen LogP contribution is -2.21. The van der Waals surface area contributed by atoms with Crippen LogP contribution in [0.4, 0.5) is 5.69 Å². The molecular weight excluding hydrogens is 330 g/mol. The third kappa shape index (κ3) is 4.24. The summed E-state index contributed by atoms with van der Waals surface area (Å²) >= 11 is 0. The van der Waals surface area contributed by atoms with E-state index in [1.54, 1.807) is 6.07 Å². The largest absolute Gasteiger partial charge is 0.481 e. The summed E-state index contributed by atoms with van der Waals surface area (Å²) in [4.78, 5) is 12.2. The number of carbonyl (C=O) groups is 1. The maximum atomic E-state index is 12.2. The van der Waals surface area contributed by atoms with Gasteiger partial charge in [-0.15, -0.1) is 5.10 Å². The second kappa shape index (κ2) is 7.35. The number of nitrogens with one attached hydrogen (secondary N) is 1. The van der Waals surface area contributed by atoms with Gasteiger partial charge in [-0.25, -0.2) is 0 Å². The van der Waals surface area contributed by atoms with Gasteiger partial charge in [0.25, 0.3) is 5.91 Å². The molecule has 0 bridgehead atoms. The van der Waals surface area contributed by atoms with Crippen LogP contribution in [-0.2, 0) is 10.2 Å². The van der Waals surface area contributed by atoms with Crippen LogP contribution in [0.5, 0.6) is 5.75 Å². The van der Waals surface area contributed by atoms with Crippen molar-refractivity contribution in [2.75, 3.05) is 11.9 Å². The number of carbonyl (C=O) groups excluding carboxylic acids is 1. The minimum absolute atomic E-state index is 0.0750. The smallest absolute Gasteiger partial charge is 0.262 e. The van der Waals surface area contributed by atoms with Crippen molar-refractivity contribution in [3.05, 3.63) is 60.4 Å². The molecule has 0 fully saturated rings. The Morgan fingerprint density at radius 3 is 2.50 bits per heavy atom.